The Bertz CT molecular complexity index is 1520. The first-order valence-electron chi connectivity index (χ1n) is 9.18. The zero-order valence-electron chi connectivity index (χ0n) is 14.8. The van der Waals surface area contributed by atoms with Gasteiger partial charge in [0.2, 0.25) is 0 Å². The van der Waals surface area contributed by atoms with Crippen LogP contribution in [-0.2, 0) is 0 Å². The van der Waals surface area contributed by atoms with Crippen molar-refractivity contribution in [1.29, 1.82) is 0 Å². The van der Waals surface area contributed by atoms with Crippen molar-refractivity contribution in [3.05, 3.63) is 90.7 Å². The zero-order chi connectivity index (χ0) is 18.7. The number of fused-ring (bicyclic) bond motifs is 7. The Kier molecular flexibility index (Phi) is 3.28. The SMILES string of the molecule is Fc1ccc2c(c1)nc(-c1ccccc1)c1sc3c4ccccc4ccc3c12. The van der Waals surface area contributed by atoms with Crippen LogP contribution in [0.2, 0.25) is 0 Å². The largest absolute Gasteiger partial charge is 0.246 e. The maximum absolute atomic E-state index is 14.0. The van der Waals surface area contributed by atoms with E-state index in [0.717, 1.165) is 26.7 Å². The van der Waals surface area contributed by atoms with Gasteiger partial charge in [0.1, 0.15) is 5.82 Å². The third-order valence-corrected chi connectivity index (χ3v) is 6.55. The number of thiophene rings is 1. The summed E-state index contributed by atoms with van der Waals surface area (Å²) in [5, 5.41) is 5.84. The lowest BCUT2D eigenvalue weighted by Crippen LogP contribution is -1.88. The van der Waals surface area contributed by atoms with Gasteiger partial charge < -0.3 is 0 Å². The Morgan fingerprint density at radius 1 is 0.679 bits per heavy atom. The number of benzene rings is 4. The van der Waals surface area contributed by atoms with Crippen LogP contribution in [0.25, 0.3) is 53.1 Å². The van der Waals surface area contributed by atoms with Crippen molar-refractivity contribution < 1.29 is 4.39 Å². The van der Waals surface area contributed by atoms with Gasteiger partial charge in [-0.3, -0.25) is 0 Å². The zero-order valence-corrected chi connectivity index (χ0v) is 15.6. The summed E-state index contributed by atoms with van der Waals surface area (Å²) in [5.41, 5.74) is 2.66. The second-order valence-corrected chi connectivity index (χ2v) is 7.98. The Morgan fingerprint density at radius 3 is 2.36 bits per heavy atom. The van der Waals surface area contributed by atoms with Gasteiger partial charge in [-0.05, 0) is 22.9 Å². The molecule has 0 saturated heterocycles. The van der Waals surface area contributed by atoms with Crippen LogP contribution in [0.15, 0.2) is 84.9 Å². The molecule has 2 aromatic heterocycles. The first kappa shape index (κ1) is 15.7. The summed E-state index contributed by atoms with van der Waals surface area (Å²) in [7, 11) is 0. The summed E-state index contributed by atoms with van der Waals surface area (Å²) < 4.78 is 16.4. The van der Waals surface area contributed by atoms with Gasteiger partial charge in [-0.2, -0.15) is 0 Å². The van der Waals surface area contributed by atoms with Crippen molar-refractivity contribution in [1.82, 2.24) is 4.98 Å². The molecule has 0 radical (unpaired) electrons. The smallest absolute Gasteiger partial charge is 0.125 e. The minimum absolute atomic E-state index is 0.261. The second-order valence-electron chi connectivity index (χ2n) is 6.96. The quantitative estimate of drug-likeness (QED) is 0.287. The number of halogens is 1. The molecule has 0 fully saturated rings. The van der Waals surface area contributed by atoms with E-state index in [1.807, 2.05) is 24.3 Å². The molecule has 6 aromatic rings. The number of hydrogen-bond acceptors (Lipinski definition) is 2. The molecule has 0 atom stereocenters. The summed E-state index contributed by atoms with van der Waals surface area (Å²) in [6.45, 7) is 0. The van der Waals surface area contributed by atoms with E-state index < -0.39 is 0 Å². The van der Waals surface area contributed by atoms with Crippen molar-refractivity contribution in [3.63, 3.8) is 0 Å². The van der Waals surface area contributed by atoms with Crippen LogP contribution < -0.4 is 0 Å². The van der Waals surface area contributed by atoms with Crippen molar-refractivity contribution in [2.24, 2.45) is 0 Å². The van der Waals surface area contributed by atoms with Gasteiger partial charge in [-0.15, -0.1) is 11.3 Å². The maximum Gasteiger partial charge on any atom is 0.125 e. The van der Waals surface area contributed by atoms with E-state index in [1.165, 1.54) is 33.0 Å². The molecule has 132 valence electrons. The fourth-order valence-electron chi connectivity index (χ4n) is 4.03. The highest BCUT2D eigenvalue weighted by Crippen LogP contribution is 2.44. The van der Waals surface area contributed by atoms with Gasteiger partial charge in [0.15, 0.2) is 0 Å². The highest BCUT2D eigenvalue weighted by molar-refractivity contribution is 7.27. The minimum Gasteiger partial charge on any atom is -0.246 e. The molecule has 0 aliphatic heterocycles. The Balaban J connectivity index is 1.88. The van der Waals surface area contributed by atoms with Crippen molar-refractivity contribution >= 4 is 53.2 Å². The molecule has 0 bridgehead atoms. The average molecular weight is 379 g/mol. The fourth-order valence-corrected chi connectivity index (χ4v) is 5.39. The fraction of sp³-hybridized carbons (Fsp3) is 0. The number of hydrogen-bond donors (Lipinski definition) is 0. The maximum atomic E-state index is 14.0. The molecular weight excluding hydrogens is 365 g/mol. The van der Waals surface area contributed by atoms with E-state index in [-0.39, 0.29) is 5.82 Å². The van der Waals surface area contributed by atoms with E-state index in [2.05, 4.69) is 48.5 Å². The van der Waals surface area contributed by atoms with Crippen molar-refractivity contribution in [3.8, 4) is 11.3 Å². The van der Waals surface area contributed by atoms with Crippen LogP contribution in [0.1, 0.15) is 0 Å². The Labute approximate surface area is 164 Å². The highest BCUT2D eigenvalue weighted by Gasteiger charge is 2.17. The monoisotopic (exact) mass is 379 g/mol. The number of aromatic nitrogens is 1. The topological polar surface area (TPSA) is 12.9 Å². The molecular formula is C25H14FNS. The van der Waals surface area contributed by atoms with Gasteiger partial charge in [0, 0.05) is 32.5 Å². The summed E-state index contributed by atoms with van der Waals surface area (Å²) in [6, 6.07) is 27.9. The van der Waals surface area contributed by atoms with Crippen LogP contribution in [-0.4, -0.2) is 4.98 Å². The van der Waals surface area contributed by atoms with Gasteiger partial charge >= 0.3 is 0 Å². The molecule has 0 saturated carbocycles. The summed E-state index contributed by atoms with van der Waals surface area (Å²) >= 11 is 1.78. The molecule has 4 aromatic carbocycles. The van der Waals surface area contributed by atoms with Crippen LogP contribution in [0.3, 0.4) is 0 Å². The second kappa shape index (κ2) is 5.85. The summed E-state index contributed by atoms with van der Waals surface area (Å²) in [5.74, 6) is -0.261. The summed E-state index contributed by atoms with van der Waals surface area (Å²) in [6.07, 6.45) is 0. The molecule has 6 rings (SSSR count). The number of pyridine rings is 1. The molecule has 1 nitrogen and oxygen atoms in total. The summed E-state index contributed by atoms with van der Waals surface area (Å²) in [4.78, 5) is 4.88. The van der Waals surface area contributed by atoms with E-state index in [9.17, 15) is 4.39 Å². The molecule has 0 aliphatic rings. The van der Waals surface area contributed by atoms with Crippen molar-refractivity contribution in [2.75, 3.05) is 0 Å². The lowest BCUT2D eigenvalue weighted by Gasteiger charge is -2.07. The minimum atomic E-state index is -0.261. The molecule has 28 heavy (non-hydrogen) atoms. The van der Waals surface area contributed by atoms with E-state index in [1.54, 1.807) is 11.3 Å². The molecule has 3 heteroatoms. The predicted molar refractivity (Wildman–Crippen MR) is 118 cm³/mol. The Morgan fingerprint density at radius 2 is 1.46 bits per heavy atom. The molecule has 0 unspecified atom stereocenters. The average Bonchev–Trinajstić information content (AvgIpc) is 3.14. The van der Waals surface area contributed by atoms with Crippen molar-refractivity contribution in [2.45, 2.75) is 0 Å². The van der Waals surface area contributed by atoms with Crippen LogP contribution in [0.4, 0.5) is 4.39 Å². The lowest BCUT2D eigenvalue weighted by molar-refractivity contribution is 0.629. The Hall–Kier alpha value is -3.30. The van der Waals surface area contributed by atoms with Gasteiger partial charge in [0.25, 0.3) is 0 Å². The lowest BCUT2D eigenvalue weighted by atomic mass is 10.0. The molecule has 0 amide bonds. The van der Waals surface area contributed by atoms with Gasteiger partial charge in [0.05, 0.1) is 15.9 Å². The third-order valence-electron chi connectivity index (χ3n) is 5.30. The van der Waals surface area contributed by atoms with Crippen LogP contribution >= 0.6 is 11.3 Å². The normalized spacial score (nSPS) is 11.8. The first-order valence-corrected chi connectivity index (χ1v) is 10.00. The van der Waals surface area contributed by atoms with E-state index >= 15 is 0 Å². The number of rotatable bonds is 1. The third kappa shape index (κ3) is 2.20. The standard InChI is InChI=1S/C25H14FNS/c26-17-11-13-19-21(14-17)27-23(16-7-2-1-3-8-16)25-22(19)20-12-10-15-6-4-5-9-18(15)24(20)28-25/h1-14H. The van der Waals surface area contributed by atoms with Crippen LogP contribution in [0, 0.1) is 5.82 Å². The molecule has 0 spiro atoms. The first-order chi connectivity index (χ1) is 13.8. The highest BCUT2D eigenvalue weighted by atomic mass is 32.1. The molecule has 0 N–H and O–H groups in total. The molecule has 0 aliphatic carbocycles. The van der Waals surface area contributed by atoms with Gasteiger partial charge in [-0.25, -0.2) is 9.37 Å². The van der Waals surface area contributed by atoms with E-state index in [0.29, 0.717) is 5.52 Å². The molecule has 2 heterocycles. The van der Waals surface area contributed by atoms with Gasteiger partial charge in [-0.1, -0.05) is 66.7 Å². The predicted octanol–water partition coefficient (Wildman–Crippen LogP) is 7.56. The van der Waals surface area contributed by atoms with E-state index in [4.69, 9.17) is 4.98 Å². The number of nitrogens with zero attached hydrogens (tertiary/aromatic N) is 1. The van der Waals surface area contributed by atoms with Crippen LogP contribution in [0.5, 0.6) is 0 Å².